The average Bonchev–Trinajstić information content (AvgIpc) is 2.78. The molecule has 0 fully saturated rings. The monoisotopic (exact) mass is 432 g/mol. The minimum Gasteiger partial charge on any atom is -0.465 e. The molecule has 1 amide bonds. The number of amides is 1. The van der Waals surface area contributed by atoms with Gasteiger partial charge in [0.2, 0.25) is 0 Å². The average molecular weight is 433 g/mol. The van der Waals surface area contributed by atoms with Crippen LogP contribution in [0.15, 0.2) is 72.8 Å². The van der Waals surface area contributed by atoms with Gasteiger partial charge in [0.25, 0.3) is 0 Å². The Morgan fingerprint density at radius 1 is 0.719 bits per heavy atom. The second-order valence-electron chi connectivity index (χ2n) is 8.19. The molecule has 0 radical (unpaired) electrons. The summed E-state index contributed by atoms with van der Waals surface area (Å²) in [5, 5.41) is 14.3. The molecule has 168 valence electrons. The zero-order valence-electron chi connectivity index (χ0n) is 19.2. The fraction of sp³-hybridized carbons (Fsp3) is 0.269. The lowest BCUT2D eigenvalue weighted by atomic mass is 9.85. The number of hydrogen-bond acceptors (Lipinski definition) is 4. The highest BCUT2D eigenvalue weighted by molar-refractivity contribution is 5.64. The van der Waals surface area contributed by atoms with Crippen LogP contribution in [-0.2, 0) is 0 Å². The van der Waals surface area contributed by atoms with Crippen LogP contribution in [0.3, 0.4) is 0 Å². The SMILES string of the molecule is CN(C)c1ccc(C(c2ccc(NCCNC(=O)O)cc2)c2ccc(N(C)C)cc2)cc1. The molecule has 0 atom stereocenters. The highest BCUT2D eigenvalue weighted by Crippen LogP contribution is 2.34. The molecule has 0 bridgehead atoms. The molecule has 0 saturated carbocycles. The van der Waals surface area contributed by atoms with Crippen LogP contribution in [0.1, 0.15) is 22.6 Å². The molecule has 0 spiro atoms. The van der Waals surface area contributed by atoms with E-state index in [0.717, 1.165) is 5.69 Å². The van der Waals surface area contributed by atoms with Crippen LogP contribution in [0.4, 0.5) is 21.9 Å². The van der Waals surface area contributed by atoms with E-state index in [1.54, 1.807) is 0 Å². The summed E-state index contributed by atoms with van der Waals surface area (Å²) >= 11 is 0. The minimum absolute atomic E-state index is 0.116. The topological polar surface area (TPSA) is 67.8 Å². The molecule has 0 aliphatic heterocycles. The lowest BCUT2D eigenvalue weighted by Crippen LogP contribution is -2.26. The summed E-state index contributed by atoms with van der Waals surface area (Å²) in [7, 11) is 8.18. The molecule has 3 N–H and O–H groups in total. The Morgan fingerprint density at radius 3 is 1.50 bits per heavy atom. The van der Waals surface area contributed by atoms with E-state index >= 15 is 0 Å². The number of carboxylic acid groups (broad SMARTS) is 1. The smallest absolute Gasteiger partial charge is 0.404 e. The van der Waals surface area contributed by atoms with Gasteiger partial charge in [0.05, 0.1) is 0 Å². The van der Waals surface area contributed by atoms with Gasteiger partial charge in [-0.2, -0.15) is 0 Å². The van der Waals surface area contributed by atoms with Gasteiger partial charge in [-0.15, -0.1) is 0 Å². The zero-order chi connectivity index (χ0) is 23.1. The Kier molecular flexibility index (Phi) is 7.60. The predicted molar refractivity (Wildman–Crippen MR) is 133 cm³/mol. The third-order valence-electron chi connectivity index (χ3n) is 5.46. The minimum atomic E-state index is -1.01. The maximum Gasteiger partial charge on any atom is 0.404 e. The van der Waals surface area contributed by atoms with Crippen molar-refractivity contribution >= 4 is 23.2 Å². The molecule has 0 heterocycles. The van der Waals surface area contributed by atoms with E-state index in [4.69, 9.17) is 5.11 Å². The number of rotatable bonds is 9. The Labute approximate surface area is 190 Å². The van der Waals surface area contributed by atoms with Crippen molar-refractivity contribution in [3.05, 3.63) is 89.5 Å². The van der Waals surface area contributed by atoms with Gasteiger partial charge in [0.1, 0.15) is 0 Å². The first-order valence-electron chi connectivity index (χ1n) is 10.7. The molecule has 6 nitrogen and oxygen atoms in total. The van der Waals surface area contributed by atoms with Gasteiger partial charge in [0, 0.05) is 64.3 Å². The molecule has 3 rings (SSSR count). The van der Waals surface area contributed by atoms with E-state index in [1.165, 1.54) is 28.1 Å². The van der Waals surface area contributed by atoms with Gasteiger partial charge in [-0.3, -0.25) is 0 Å². The van der Waals surface area contributed by atoms with Gasteiger partial charge in [-0.1, -0.05) is 36.4 Å². The van der Waals surface area contributed by atoms with E-state index in [9.17, 15) is 4.79 Å². The lowest BCUT2D eigenvalue weighted by molar-refractivity contribution is 0.195. The van der Waals surface area contributed by atoms with Gasteiger partial charge in [0.15, 0.2) is 0 Å². The maximum absolute atomic E-state index is 10.6. The van der Waals surface area contributed by atoms with Crippen molar-refractivity contribution in [1.29, 1.82) is 0 Å². The van der Waals surface area contributed by atoms with Crippen LogP contribution in [-0.4, -0.2) is 52.5 Å². The number of hydrogen-bond donors (Lipinski definition) is 3. The Bertz CT molecular complexity index is 946. The second-order valence-corrected chi connectivity index (χ2v) is 8.19. The molecule has 6 heteroatoms. The fourth-order valence-electron chi connectivity index (χ4n) is 3.68. The van der Waals surface area contributed by atoms with Crippen molar-refractivity contribution in [1.82, 2.24) is 5.32 Å². The van der Waals surface area contributed by atoms with Crippen LogP contribution >= 0.6 is 0 Å². The van der Waals surface area contributed by atoms with Gasteiger partial charge < -0.3 is 25.5 Å². The maximum atomic E-state index is 10.6. The standard InChI is InChI=1S/C26H32N4O2/c1-29(2)23-13-7-20(8-14-23)25(21-9-15-24(16-10-21)30(3)4)19-5-11-22(12-6-19)27-17-18-28-26(31)32/h5-16,25,27-28H,17-18H2,1-4H3,(H,31,32). The molecule has 0 aliphatic carbocycles. The van der Waals surface area contributed by atoms with E-state index in [1.807, 2.05) is 40.3 Å². The second kappa shape index (κ2) is 10.6. The normalized spacial score (nSPS) is 10.7. The van der Waals surface area contributed by atoms with Crippen molar-refractivity contribution in [2.75, 3.05) is 56.4 Å². The summed E-state index contributed by atoms with van der Waals surface area (Å²) in [5.74, 6) is 0.116. The first kappa shape index (κ1) is 23.0. The summed E-state index contributed by atoms with van der Waals surface area (Å²) in [6, 6.07) is 25.8. The number of nitrogens with zero attached hydrogens (tertiary/aromatic N) is 2. The molecular weight excluding hydrogens is 400 g/mol. The summed E-state index contributed by atoms with van der Waals surface area (Å²) < 4.78 is 0. The van der Waals surface area contributed by atoms with Crippen LogP contribution < -0.4 is 20.4 Å². The molecule has 0 saturated heterocycles. The molecular formula is C26H32N4O2. The third-order valence-corrected chi connectivity index (χ3v) is 5.46. The molecule has 3 aromatic carbocycles. The summed E-state index contributed by atoms with van der Waals surface area (Å²) in [6.45, 7) is 0.892. The first-order chi connectivity index (χ1) is 15.3. The van der Waals surface area contributed by atoms with E-state index in [2.05, 4.69) is 81.1 Å². The van der Waals surface area contributed by atoms with Crippen LogP contribution in [0, 0.1) is 0 Å². The number of nitrogens with one attached hydrogen (secondary N) is 2. The Morgan fingerprint density at radius 2 is 1.12 bits per heavy atom. The first-order valence-corrected chi connectivity index (χ1v) is 10.7. The van der Waals surface area contributed by atoms with Crippen molar-refractivity contribution in [3.8, 4) is 0 Å². The van der Waals surface area contributed by atoms with Crippen LogP contribution in [0.2, 0.25) is 0 Å². The molecule has 0 aromatic heterocycles. The number of anilines is 3. The van der Waals surface area contributed by atoms with E-state index in [0.29, 0.717) is 13.1 Å². The molecule has 0 unspecified atom stereocenters. The third kappa shape index (κ3) is 5.94. The van der Waals surface area contributed by atoms with Gasteiger partial charge in [-0.25, -0.2) is 4.79 Å². The molecule has 32 heavy (non-hydrogen) atoms. The highest BCUT2D eigenvalue weighted by atomic mass is 16.4. The lowest BCUT2D eigenvalue weighted by Gasteiger charge is -2.22. The Hall–Kier alpha value is -3.67. The van der Waals surface area contributed by atoms with Crippen molar-refractivity contribution in [2.24, 2.45) is 0 Å². The predicted octanol–water partition coefficient (Wildman–Crippen LogP) is 4.68. The van der Waals surface area contributed by atoms with Gasteiger partial charge >= 0.3 is 6.09 Å². The van der Waals surface area contributed by atoms with Crippen LogP contribution in [0.25, 0.3) is 0 Å². The van der Waals surface area contributed by atoms with Crippen molar-refractivity contribution in [3.63, 3.8) is 0 Å². The van der Waals surface area contributed by atoms with Crippen molar-refractivity contribution < 1.29 is 9.90 Å². The van der Waals surface area contributed by atoms with E-state index in [-0.39, 0.29) is 5.92 Å². The van der Waals surface area contributed by atoms with Gasteiger partial charge in [-0.05, 0) is 53.1 Å². The molecule has 3 aromatic rings. The summed E-state index contributed by atoms with van der Waals surface area (Å²) in [4.78, 5) is 14.8. The largest absolute Gasteiger partial charge is 0.465 e. The number of benzene rings is 3. The Balaban J connectivity index is 1.87. The summed E-state index contributed by atoms with van der Waals surface area (Å²) in [5.41, 5.74) is 6.98. The molecule has 0 aliphatic rings. The zero-order valence-corrected chi connectivity index (χ0v) is 19.2. The quantitative estimate of drug-likeness (QED) is 0.338. The van der Waals surface area contributed by atoms with Crippen LogP contribution in [0.5, 0.6) is 0 Å². The van der Waals surface area contributed by atoms with Crippen molar-refractivity contribution in [2.45, 2.75) is 5.92 Å². The highest BCUT2D eigenvalue weighted by Gasteiger charge is 2.17. The van der Waals surface area contributed by atoms with E-state index < -0.39 is 6.09 Å². The summed E-state index contributed by atoms with van der Waals surface area (Å²) in [6.07, 6.45) is -1.01. The number of carbonyl (C=O) groups is 1. The fourth-order valence-corrected chi connectivity index (χ4v) is 3.68.